The summed E-state index contributed by atoms with van der Waals surface area (Å²) < 4.78 is 14.7. The fourth-order valence-corrected chi connectivity index (χ4v) is 2.49. The number of nitrogens with zero attached hydrogens (tertiary/aromatic N) is 2. The largest absolute Gasteiger partial charge is 0.383 e. The minimum Gasteiger partial charge on any atom is -0.383 e. The first kappa shape index (κ1) is 13.0. The molecule has 1 aromatic heterocycles. The van der Waals surface area contributed by atoms with Gasteiger partial charge in [-0.3, -0.25) is 0 Å². The zero-order chi connectivity index (χ0) is 13.1. The Balaban J connectivity index is 2.36. The number of aryl methyl sites for hydroxylation is 1. The lowest BCUT2D eigenvalue weighted by Gasteiger charge is -2.08. The third-order valence-electron chi connectivity index (χ3n) is 2.62. The van der Waals surface area contributed by atoms with Crippen molar-refractivity contribution in [2.24, 2.45) is 0 Å². The van der Waals surface area contributed by atoms with E-state index in [0.29, 0.717) is 5.82 Å². The summed E-state index contributed by atoms with van der Waals surface area (Å²) in [7, 11) is 0. The molecule has 1 heterocycles. The van der Waals surface area contributed by atoms with Crippen molar-refractivity contribution in [1.82, 2.24) is 9.78 Å². The first-order valence-electron chi connectivity index (χ1n) is 5.86. The first-order valence-corrected chi connectivity index (χ1v) is 6.85. The second-order valence-electron chi connectivity index (χ2n) is 4.09. The topological polar surface area (TPSA) is 43.8 Å². The number of benzene rings is 1. The van der Waals surface area contributed by atoms with E-state index in [4.69, 9.17) is 5.73 Å². The van der Waals surface area contributed by atoms with Crippen LogP contribution in [0.4, 0.5) is 10.2 Å². The normalized spacial score (nSPS) is 10.8. The highest BCUT2D eigenvalue weighted by molar-refractivity contribution is 7.99. The van der Waals surface area contributed by atoms with Gasteiger partial charge in [-0.05, 0) is 42.9 Å². The van der Waals surface area contributed by atoms with Crippen LogP contribution >= 0.6 is 11.8 Å². The number of nitrogens with two attached hydrogens (primary N) is 1. The minimum atomic E-state index is -0.248. The highest BCUT2D eigenvalue weighted by Crippen LogP contribution is 2.28. The quantitative estimate of drug-likeness (QED) is 0.862. The van der Waals surface area contributed by atoms with Gasteiger partial charge in [0.05, 0.1) is 16.8 Å². The molecule has 1 aromatic carbocycles. The van der Waals surface area contributed by atoms with E-state index in [-0.39, 0.29) is 5.82 Å². The average Bonchev–Trinajstić information content (AvgIpc) is 2.68. The van der Waals surface area contributed by atoms with Gasteiger partial charge in [-0.1, -0.05) is 6.92 Å². The molecule has 0 fully saturated rings. The molecule has 2 N–H and O–H groups in total. The smallest absolute Gasteiger partial charge is 0.140 e. The van der Waals surface area contributed by atoms with Gasteiger partial charge >= 0.3 is 0 Å². The van der Waals surface area contributed by atoms with E-state index in [1.165, 1.54) is 12.1 Å². The Hall–Kier alpha value is -1.49. The standard InChI is InChI=1S/C13H16FN3S/c1-3-6-18-12-8-16-17(13(12)15)11-5-4-10(14)7-9(11)2/h4-5,7-8H,3,6,15H2,1-2H3. The molecular weight excluding hydrogens is 249 g/mol. The van der Waals surface area contributed by atoms with Gasteiger partial charge in [-0.15, -0.1) is 11.8 Å². The Morgan fingerprint density at radius 3 is 2.89 bits per heavy atom. The summed E-state index contributed by atoms with van der Waals surface area (Å²) in [5.41, 5.74) is 7.70. The summed E-state index contributed by atoms with van der Waals surface area (Å²) >= 11 is 1.69. The van der Waals surface area contributed by atoms with Crippen LogP contribution in [0.3, 0.4) is 0 Å². The number of halogens is 1. The van der Waals surface area contributed by atoms with Crippen molar-refractivity contribution in [3.8, 4) is 5.69 Å². The fraction of sp³-hybridized carbons (Fsp3) is 0.308. The molecule has 2 rings (SSSR count). The second kappa shape index (κ2) is 5.44. The van der Waals surface area contributed by atoms with Gasteiger partial charge in [0.2, 0.25) is 0 Å². The summed E-state index contributed by atoms with van der Waals surface area (Å²) in [6.07, 6.45) is 2.85. The van der Waals surface area contributed by atoms with Crippen LogP contribution in [-0.2, 0) is 0 Å². The molecule has 0 saturated heterocycles. The van der Waals surface area contributed by atoms with Gasteiger partial charge in [0.1, 0.15) is 11.6 Å². The van der Waals surface area contributed by atoms with Crippen LogP contribution in [0.2, 0.25) is 0 Å². The van der Waals surface area contributed by atoms with E-state index < -0.39 is 0 Å². The van der Waals surface area contributed by atoms with Crippen LogP contribution in [-0.4, -0.2) is 15.5 Å². The summed E-state index contributed by atoms with van der Waals surface area (Å²) in [5, 5.41) is 4.28. The van der Waals surface area contributed by atoms with Crippen LogP contribution in [0.1, 0.15) is 18.9 Å². The van der Waals surface area contributed by atoms with Gasteiger partial charge in [0.25, 0.3) is 0 Å². The number of hydrogen-bond acceptors (Lipinski definition) is 3. The lowest BCUT2D eigenvalue weighted by Crippen LogP contribution is -2.04. The number of thioether (sulfide) groups is 1. The highest BCUT2D eigenvalue weighted by Gasteiger charge is 2.11. The van der Waals surface area contributed by atoms with Crippen LogP contribution in [0.15, 0.2) is 29.3 Å². The lowest BCUT2D eigenvalue weighted by atomic mass is 10.2. The molecule has 96 valence electrons. The number of anilines is 1. The van der Waals surface area contributed by atoms with Gasteiger partial charge in [-0.2, -0.15) is 5.10 Å². The van der Waals surface area contributed by atoms with Crippen molar-refractivity contribution in [2.45, 2.75) is 25.2 Å². The maximum absolute atomic E-state index is 13.1. The van der Waals surface area contributed by atoms with Crippen molar-refractivity contribution in [3.63, 3.8) is 0 Å². The Morgan fingerprint density at radius 1 is 1.44 bits per heavy atom. The molecule has 0 aliphatic rings. The third-order valence-corrected chi connectivity index (χ3v) is 3.86. The van der Waals surface area contributed by atoms with E-state index in [9.17, 15) is 4.39 Å². The van der Waals surface area contributed by atoms with Crippen LogP contribution < -0.4 is 5.73 Å². The second-order valence-corrected chi connectivity index (χ2v) is 5.22. The zero-order valence-corrected chi connectivity index (χ0v) is 11.3. The molecule has 0 spiro atoms. The Morgan fingerprint density at radius 2 is 2.22 bits per heavy atom. The summed E-state index contributed by atoms with van der Waals surface area (Å²) in [6.45, 7) is 3.97. The molecular formula is C13H16FN3S. The molecule has 0 amide bonds. The SMILES string of the molecule is CCCSc1cnn(-c2ccc(F)cc2C)c1N. The number of nitrogen functional groups attached to an aromatic ring is 1. The van der Waals surface area contributed by atoms with E-state index in [2.05, 4.69) is 12.0 Å². The highest BCUT2D eigenvalue weighted by atomic mass is 32.2. The Labute approximate surface area is 110 Å². The summed E-state index contributed by atoms with van der Waals surface area (Å²) in [6, 6.07) is 4.60. The van der Waals surface area contributed by atoms with E-state index in [1.807, 2.05) is 6.92 Å². The molecule has 2 aromatic rings. The predicted octanol–water partition coefficient (Wildman–Crippen LogP) is 3.40. The number of rotatable bonds is 4. The third kappa shape index (κ3) is 2.51. The van der Waals surface area contributed by atoms with Gasteiger partial charge in [0.15, 0.2) is 0 Å². The molecule has 0 unspecified atom stereocenters. The minimum absolute atomic E-state index is 0.248. The molecule has 0 aliphatic heterocycles. The molecule has 0 saturated carbocycles. The Bertz CT molecular complexity index is 551. The van der Waals surface area contributed by atoms with Crippen molar-refractivity contribution in [1.29, 1.82) is 0 Å². The fourth-order valence-electron chi connectivity index (χ4n) is 1.71. The van der Waals surface area contributed by atoms with Crippen LogP contribution in [0.25, 0.3) is 5.69 Å². The van der Waals surface area contributed by atoms with Crippen molar-refractivity contribution in [3.05, 3.63) is 35.8 Å². The van der Waals surface area contributed by atoms with Crippen molar-refractivity contribution >= 4 is 17.6 Å². The predicted molar refractivity (Wildman–Crippen MR) is 73.7 cm³/mol. The number of hydrogen-bond donors (Lipinski definition) is 1. The Kier molecular flexibility index (Phi) is 3.91. The monoisotopic (exact) mass is 265 g/mol. The lowest BCUT2D eigenvalue weighted by molar-refractivity contribution is 0.625. The summed E-state index contributed by atoms with van der Waals surface area (Å²) in [4.78, 5) is 0.973. The number of aromatic nitrogens is 2. The molecule has 5 heteroatoms. The average molecular weight is 265 g/mol. The summed E-state index contributed by atoms with van der Waals surface area (Å²) in [5.74, 6) is 1.38. The van der Waals surface area contributed by atoms with Crippen molar-refractivity contribution < 1.29 is 4.39 Å². The molecule has 0 bridgehead atoms. The molecule has 0 radical (unpaired) electrons. The van der Waals surface area contributed by atoms with Crippen LogP contribution in [0.5, 0.6) is 0 Å². The first-order chi connectivity index (χ1) is 8.63. The van der Waals surface area contributed by atoms with Gasteiger partial charge in [-0.25, -0.2) is 9.07 Å². The molecule has 0 atom stereocenters. The maximum Gasteiger partial charge on any atom is 0.140 e. The van der Waals surface area contributed by atoms with E-state index in [1.54, 1.807) is 28.7 Å². The zero-order valence-electron chi connectivity index (χ0n) is 10.5. The van der Waals surface area contributed by atoms with Crippen molar-refractivity contribution in [2.75, 3.05) is 11.5 Å². The van der Waals surface area contributed by atoms with Crippen LogP contribution in [0, 0.1) is 12.7 Å². The van der Waals surface area contributed by atoms with Gasteiger partial charge < -0.3 is 5.73 Å². The maximum atomic E-state index is 13.1. The molecule has 3 nitrogen and oxygen atoms in total. The van der Waals surface area contributed by atoms with E-state index in [0.717, 1.165) is 28.3 Å². The van der Waals surface area contributed by atoms with Gasteiger partial charge in [0, 0.05) is 0 Å². The molecule has 18 heavy (non-hydrogen) atoms. The molecule has 0 aliphatic carbocycles. The van der Waals surface area contributed by atoms with E-state index >= 15 is 0 Å².